The van der Waals surface area contributed by atoms with Crippen molar-refractivity contribution in [3.05, 3.63) is 29.8 Å². The van der Waals surface area contributed by atoms with Crippen LogP contribution in [0, 0.1) is 0 Å². The van der Waals surface area contributed by atoms with E-state index in [1.807, 2.05) is 6.92 Å². The third-order valence-electron chi connectivity index (χ3n) is 3.70. The largest absolute Gasteiger partial charge is 0.481 e. The van der Waals surface area contributed by atoms with Crippen LogP contribution in [-0.2, 0) is 9.53 Å². The molecule has 1 aromatic carbocycles. The Hall–Kier alpha value is -2.08. The van der Waals surface area contributed by atoms with Crippen molar-refractivity contribution < 1.29 is 19.4 Å². The van der Waals surface area contributed by atoms with Gasteiger partial charge in [-0.15, -0.1) is 0 Å². The van der Waals surface area contributed by atoms with Crippen LogP contribution < -0.4 is 10.2 Å². The van der Waals surface area contributed by atoms with E-state index in [-0.39, 0.29) is 18.6 Å². The summed E-state index contributed by atoms with van der Waals surface area (Å²) in [5.41, 5.74) is 1.34. The molecule has 21 heavy (non-hydrogen) atoms. The van der Waals surface area contributed by atoms with Gasteiger partial charge in [0.25, 0.3) is 0 Å². The number of nitrogens with zero attached hydrogens (tertiary/aromatic N) is 1. The van der Waals surface area contributed by atoms with Crippen molar-refractivity contribution in [1.29, 1.82) is 0 Å². The molecule has 2 unspecified atom stereocenters. The molecule has 2 rings (SSSR count). The Kier molecular flexibility index (Phi) is 4.80. The van der Waals surface area contributed by atoms with Gasteiger partial charge in [0.2, 0.25) is 0 Å². The van der Waals surface area contributed by atoms with Gasteiger partial charge in [-0.2, -0.15) is 0 Å². The fraction of sp³-hybridized carbons (Fsp3) is 0.467. The molecule has 0 aromatic heterocycles. The van der Waals surface area contributed by atoms with Crippen molar-refractivity contribution in [2.24, 2.45) is 0 Å². The lowest BCUT2D eigenvalue weighted by Crippen LogP contribution is -2.46. The Morgan fingerprint density at radius 2 is 2.19 bits per heavy atom. The normalized spacial score (nSPS) is 18.2. The van der Waals surface area contributed by atoms with Crippen LogP contribution in [0.2, 0.25) is 0 Å². The summed E-state index contributed by atoms with van der Waals surface area (Å²) in [5.74, 6) is -1.59. The second-order valence-corrected chi connectivity index (χ2v) is 5.07. The van der Waals surface area contributed by atoms with Crippen molar-refractivity contribution in [3.63, 3.8) is 0 Å². The first-order chi connectivity index (χ1) is 10.1. The summed E-state index contributed by atoms with van der Waals surface area (Å²) in [6.45, 7) is 2.55. The predicted octanol–water partition coefficient (Wildman–Crippen LogP) is 1.81. The maximum absolute atomic E-state index is 12.4. The number of aliphatic carboxylic acids is 1. The first-order valence-electron chi connectivity index (χ1n) is 6.97. The van der Waals surface area contributed by atoms with E-state index < -0.39 is 11.9 Å². The van der Waals surface area contributed by atoms with E-state index in [0.717, 1.165) is 6.42 Å². The molecule has 2 atom stereocenters. The number of benzene rings is 1. The predicted molar refractivity (Wildman–Crippen MR) is 78.7 cm³/mol. The van der Waals surface area contributed by atoms with Crippen molar-refractivity contribution >= 4 is 17.7 Å². The Balaban J connectivity index is 2.17. The number of carbonyl (C=O) groups is 2. The summed E-state index contributed by atoms with van der Waals surface area (Å²) in [5, 5.41) is 12.2. The number of ether oxygens (including phenoxy) is 1. The zero-order chi connectivity index (χ0) is 15.4. The van der Waals surface area contributed by atoms with Crippen molar-refractivity contribution in [2.45, 2.75) is 25.3 Å². The Morgan fingerprint density at radius 3 is 2.81 bits per heavy atom. The van der Waals surface area contributed by atoms with Crippen LogP contribution in [0.1, 0.15) is 24.8 Å². The number of nitrogens with one attached hydrogen (secondary N) is 1. The molecule has 0 saturated heterocycles. The molecule has 2 amide bonds. The number of carboxylic acid groups (broad SMARTS) is 1. The quantitative estimate of drug-likeness (QED) is 0.867. The average molecular weight is 292 g/mol. The fourth-order valence-corrected chi connectivity index (χ4v) is 2.53. The molecular formula is C15H20N2O4. The lowest BCUT2D eigenvalue weighted by molar-refractivity contribution is -0.138. The number of urea groups is 1. The van der Waals surface area contributed by atoms with Crippen LogP contribution in [-0.4, -0.2) is 43.4 Å². The van der Waals surface area contributed by atoms with E-state index in [1.54, 1.807) is 31.4 Å². The molecule has 0 bridgehead atoms. The lowest BCUT2D eigenvalue weighted by atomic mass is 10.0. The van der Waals surface area contributed by atoms with Gasteiger partial charge >= 0.3 is 12.0 Å². The molecule has 0 radical (unpaired) electrons. The molecule has 0 fully saturated rings. The number of hydrogen-bond donors (Lipinski definition) is 2. The third kappa shape index (κ3) is 3.16. The number of hydrogen-bond acceptors (Lipinski definition) is 3. The number of carboxylic acids is 1. The van der Waals surface area contributed by atoms with E-state index in [4.69, 9.17) is 4.74 Å². The van der Waals surface area contributed by atoms with Gasteiger partial charge in [0, 0.05) is 19.3 Å². The number of anilines is 1. The van der Waals surface area contributed by atoms with Gasteiger partial charge in [-0.1, -0.05) is 25.1 Å². The van der Waals surface area contributed by atoms with E-state index in [1.165, 1.54) is 4.90 Å². The third-order valence-corrected chi connectivity index (χ3v) is 3.70. The highest BCUT2D eigenvalue weighted by Gasteiger charge is 2.36. The minimum absolute atomic E-state index is 0.0847. The highest BCUT2D eigenvalue weighted by Crippen LogP contribution is 2.36. The summed E-state index contributed by atoms with van der Waals surface area (Å²) in [6.07, 6.45) is 0.747. The summed E-state index contributed by atoms with van der Waals surface area (Å²) in [4.78, 5) is 25.2. The fourth-order valence-electron chi connectivity index (χ4n) is 2.53. The Bertz CT molecular complexity index is 532. The summed E-state index contributed by atoms with van der Waals surface area (Å²) in [6, 6.07) is 6.75. The van der Waals surface area contributed by atoms with Crippen molar-refractivity contribution in [3.8, 4) is 0 Å². The molecular weight excluding hydrogens is 272 g/mol. The molecule has 6 heteroatoms. The monoisotopic (exact) mass is 292 g/mol. The molecule has 1 aliphatic heterocycles. The summed E-state index contributed by atoms with van der Waals surface area (Å²) < 4.78 is 5.06. The van der Waals surface area contributed by atoms with Gasteiger partial charge in [-0.05, 0) is 18.1 Å². The first-order valence-corrected chi connectivity index (χ1v) is 6.97. The van der Waals surface area contributed by atoms with Gasteiger partial charge in [0.1, 0.15) is 5.92 Å². The minimum atomic E-state index is -0.915. The topological polar surface area (TPSA) is 78.9 Å². The first kappa shape index (κ1) is 15.3. The van der Waals surface area contributed by atoms with Crippen LogP contribution in [0.4, 0.5) is 10.5 Å². The van der Waals surface area contributed by atoms with Crippen LogP contribution in [0.15, 0.2) is 24.3 Å². The highest BCUT2D eigenvalue weighted by atomic mass is 16.5. The zero-order valence-electron chi connectivity index (χ0n) is 12.2. The number of carbonyl (C=O) groups excluding carboxylic acids is 1. The SMILES string of the molecule is CCC(COC)NC(=O)N1CC(C(=O)O)c2ccccc21. The Morgan fingerprint density at radius 1 is 1.48 bits per heavy atom. The molecule has 0 aliphatic carbocycles. The van der Waals surface area contributed by atoms with Gasteiger partial charge in [0.15, 0.2) is 0 Å². The van der Waals surface area contributed by atoms with Crippen LogP contribution in [0.5, 0.6) is 0 Å². The van der Waals surface area contributed by atoms with Gasteiger partial charge in [-0.25, -0.2) is 4.79 Å². The molecule has 1 aliphatic rings. The number of amides is 2. The summed E-state index contributed by atoms with van der Waals surface area (Å²) >= 11 is 0. The van der Waals surface area contributed by atoms with Gasteiger partial charge in [-0.3, -0.25) is 9.69 Å². The molecule has 2 N–H and O–H groups in total. The molecule has 1 heterocycles. The molecule has 0 spiro atoms. The Labute approximate surface area is 123 Å². The molecule has 114 valence electrons. The standard InChI is InChI=1S/C15H20N2O4/c1-3-10(9-21-2)16-15(20)17-8-12(14(18)19)11-6-4-5-7-13(11)17/h4-7,10,12H,3,8-9H2,1-2H3,(H,16,20)(H,18,19). The second-order valence-electron chi connectivity index (χ2n) is 5.07. The number of rotatable bonds is 5. The van der Waals surface area contributed by atoms with Gasteiger partial charge < -0.3 is 15.2 Å². The summed E-state index contributed by atoms with van der Waals surface area (Å²) in [7, 11) is 1.58. The molecule has 0 saturated carbocycles. The van der Waals surface area contributed by atoms with Crippen LogP contribution in [0.25, 0.3) is 0 Å². The van der Waals surface area contributed by atoms with E-state index in [9.17, 15) is 14.7 Å². The number of para-hydroxylation sites is 1. The van der Waals surface area contributed by atoms with E-state index >= 15 is 0 Å². The zero-order valence-corrected chi connectivity index (χ0v) is 12.2. The molecule has 1 aromatic rings. The number of fused-ring (bicyclic) bond motifs is 1. The van der Waals surface area contributed by atoms with Crippen molar-refractivity contribution in [1.82, 2.24) is 5.32 Å². The van der Waals surface area contributed by atoms with Gasteiger partial charge in [0.05, 0.1) is 12.6 Å². The van der Waals surface area contributed by atoms with E-state index in [0.29, 0.717) is 17.9 Å². The maximum atomic E-state index is 12.4. The lowest BCUT2D eigenvalue weighted by Gasteiger charge is -2.22. The van der Waals surface area contributed by atoms with E-state index in [2.05, 4.69) is 5.32 Å². The molecule has 6 nitrogen and oxygen atoms in total. The van der Waals surface area contributed by atoms with Crippen molar-refractivity contribution in [2.75, 3.05) is 25.2 Å². The number of methoxy groups -OCH3 is 1. The second kappa shape index (κ2) is 6.58. The van der Waals surface area contributed by atoms with Crippen LogP contribution in [0.3, 0.4) is 0 Å². The van der Waals surface area contributed by atoms with Crippen LogP contribution >= 0.6 is 0 Å². The minimum Gasteiger partial charge on any atom is -0.481 e. The smallest absolute Gasteiger partial charge is 0.322 e. The maximum Gasteiger partial charge on any atom is 0.322 e. The highest BCUT2D eigenvalue weighted by molar-refractivity contribution is 5.98. The average Bonchev–Trinajstić information content (AvgIpc) is 2.86.